The van der Waals surface area contributed by atoms with E-state index in [1.807, 2.05) is 37.3 Å². The molecule has 0 fully saturated rings. The topological polar surface area (TPSA) is 63.6 Å². The molecule has 1 heterocycles. The lowest BCUT2D eigenvalue weighted by Crippen LogP contribution is -2.05. The molecule has 5 heteroatoms. The Bertz CT molecular complexity index is 912. The number of ether oxygens (including phenoxy) is 1. The van der Waals surface area contributed by atoms with Crippen molar-refractivity contribution in [2.75, 3.05) is 0 Å². The Morgan fingerprint density at radius 1 is 1.00 bits per heavy atom. The molecule has 0 radical (unpaired) electrons. The first-order chi connectivity index (χ1) is 12.1. The lowest BCUT2D eigenvalue weighted by Gasteiger charge is -2.04. The lowest BCUT2D eigenvalue weighted by molar-refractivity contribution is 0.0472. The molecule has 25 heavy (non-hydrogen) atoms. The molecule has 0 saturated carbocycles. The zero-order valence-corrected chi connectivity index (χ0v) is 14.4. The van der Waals surface area contributed by atoms with E-state index in [1.165, 1.54) is 11.3 Å². The van der Waals surface area contributed by atoms with E-state index in [0.717, 1.165) is 15.3 Å². The molecule has 0 spiro atoms. The van der Waals surface area contributed by atoms with Gasteiger partial charge in [0.15, 0.2) is 0 Å². The van der Waals surface area contributed by atoms with Crippen LogP contribution in [0.15, 0.2) is 60.7 Å². The number of carbonyl (C=O) groups excluding carboxylic acids is 1. The van der Waals surface area contributed by atoms with Gasteiger partial charge in [-0.25, -0.2) is 9.59 Å². The van der Waals surface area contributed by atoms with E-state index in [9.17, 15) is 14.7 Å². The van der Waals surface area contributed by atoms with Crippen LogP contribution >= 0.6 is 11.3 Å². The van der Waals surface area contributed by atoms with Gasteiger partial charge in [0.25, 0.3) is 0 Å². The largest absolute Gasteiger partial charge is 0.478 e. The van der Waals surface area contributed by atoms with E-state index in [0.29, 0.717) is 11.1 Å². The molecular formula is C20H16O4S. The van der Waals surface area contributed by atoms with E-state index in [4.69, 9.17) is 4.74 Å². The predicted octanol–water partition coefficient (Wildman–Crippen LogP) is 4.78. The molecule has 0 atom stereocenters. The number of hydrogen-bond donors (Lipinski definition) is 1. The summed E-state index contributed by atoms with van der Waals surface area (Å²) in [5.41, 5.74) is 2.20. The highest BCUT2D eigenvalue weighted by molar-refractivity contribution is 7.15. The molecule has 0 bridgehead atoms. The molecule has 0 amide bonds. The van der Waals surface area contributed by atoms with Crippen LogP contribution in [0.4, 0.5) is 0 Å². The fraction of sp³-hybridized carbons (Fsp3) is 0.100. The number of aromatic carboxylic acids is 1. The van der Waals surface area contributed by atoms with Crippen molar-refractivity contribution < 1.29 is 19.4 Å². The molecule has 0 aliphatic carbocycles. The maximum atomic E-state index is 12.4. The van der Waals surface area contributed by atoms with Gasteiger partial charge in [-0.05, 0) is 24.6 Å². The van der Waals surface area contributed by atoms with Gasteiger partial charge in [-0.1, -0.05) is 48.5 Å². The lowest BCUT2D eigenvalue weighted by atomic mass is 10.1. The van der Waals surface area contributed by atoms with Crippen molar-refractivity contribution in [3.63, 3.8) is 0 Å². The number of aryl methyl sites for hydroxylation is 1. The second-order valence-electron chi connectivity index (χ2n) is 5.49. The van der Waals surface area contributed by atoms with Gasteiger partial charge >= 0.3 is 11.9 Å². The third-order valence-electron chi connectivity index (χ3n) is 3.77. The first-order valence-corrected chi connectivity index (χ1v) is 8.52. The molecule has 0 saturated heterocycles. The average molecular weight is 352 g/mol. The first kappa shape index (κ1) is 16.9. The maximum Gasteiger partial charge on any atom is 0.339 e. The van der Waals surface area contributed by atoms with Crippen LogP contribution in [0.5, 0.6) is 0 Å². The standard InChI is InChI=1S/C20H16O4S/c1-13-17(20(23)24-12-14-7-3-2-4-8-14)11-18(25-13)15-9-5-6-10-16(15)19(21)22/h2-11H,12H2,1H3,(H,21,22). The van der Waals surface area contributed by atoms with Crippen LogP contribution in [0, 0.1) is 6.92 Å². The second kappa shape index (κ2) is 7.32. The third kappa shape index (κ3) is 3.78. The van der Waals surface area contributed by atoms with Crippen molar-refractivity contribution in [1.29, 1.82) is 0 Å². The Balaban J connectivity index is 1.83. The number of esters is 1. The van der Waals surface area contributed by atoms with Gasteiger partial charge in [-0.3, -0.25) is 0 Å². The van der Waals surface area contributed by atoms with Gasteiger partial charge in [0, 0.05) is 15.3 Å². The Morgan fingerprint density at radius 3 is 2.40 bits per heavy atom. The minimum Gasteiger partial charge on any atom is -0.478 e. The summed E-state index contributed by atoms with van der Waals surface area (Å²) >= 11 is 1.38. The van der Waals surface area contributed by atoms with E-state index < -0.39 is 11.9 Å². The molecule has 2 aromatic carbocycles. The Labute approximate surface area is 149 Å². The van der Waals surface area contributed by atoms with E-state index in [-0.39, 0.29) is 12.2 Å². The summed E-state index contributed by atoms with van der Waals surface area (Å²) < 4.78 is 5.37. The number of carboxylic acid groups (broad SMARTS) is 1. The van der Waals surface area contributed by atoms with Crippen LogP contribution in [0.25, 0.3) is 10.4 Å². The molecular weight excluding hydrogens is 336 g/mol. The van der Waals surface area contributed by atoms with Crippen LogP contribution in [0.3, 0.4) is 0 Å². The average Bonchev–Trinajstić information content (AvgIpc) is 3.02. The summed E-state index contributed by atoms with van der Waals surface area (Å²) in [5.74, 6) is -1.40. The first-order valence-electron chi connectivity index (χ1n) is 7.70. The van der Waals surface area contributed by atoms with Crippen LogP contribution in [-0.4, -0.2) is 17.0 Å². The molecule has 1 N–H and O–H groups in total. The van der Waals surface area contributed by atoms with Crippen LogP contribution < -0.4 is 0 Å². The van der Waals surface area contributed by atoms with Gasteiger partial charge in [0.1, 0.15) is 6.61 Å². The molecule has 1 aromatic heterocycles. The predicted molar refractivity (Wildman–Crippen MR) is 97.0 cm³/mol. The summed E-state index contributed by atoms with van der Waals surface area (Å²) in [7, 11) is 0. The van der Waals surface area contributed by atoms with Crippen LogP contribution in [0.2, 0.25) is 0 Å². The Kier molecular flexibility index (Phi) is 4.95. The highest BCUT2D eigenvalue weighted by Gasteiger charge is 2.18. The molecule has 126 valence electrons. The van der Waals surface area contributed by atoms with Crippen molar-refractivity contribution in [2.45, 2.75) is 13.5 Å². The van der Waals surface area contributed by atoms with E-state index in [2.05, 4.69) is 0 Å². The van der Waals surface area contributed by atoms with Gasteiger partial charge in [-0.2, -0.15) is 0 Å². The number of benzene rings is 2. The van der Waals surface area contributed by atoms with Crippen molar-refractivity contribution >= 4 is 23.3 Å². The molecule has 4 nitrogen and oxygen atoms in total. The summed E-state index contributed by atoms with van der Waals surface area (Å²) in [5, 5.41) is 9.34. The van der Waals surface area contributed by atoms with Gasteiger partial charge in [0.2, 0.25) is 0 Å². The highest BCUT2D eigenvalue weighted by Crippen LogP contribution is 2.33. The molecule has 0 aliphatic rings. The zero-order chi connectivity index (χ0) is 17.8. The molecule has 0 unspecified atom stereocenters. The van der Waals surface area contributed by atoms with Crippen molar-refractivity contribution in [3.05, 3.63) is 82.2 Å². The number of rotatable bonds is 5. The van der Waals surface area contributed by atoms with E-state index >= 15 is 0 Å². The fourth-order valence-electron chi connectivity index (χ4n) is 2.50. The van der Waals surface area contributed by atoms with Crippen molar-refractivity contribution in [2.24, 2.45) is 0 Å². The number of hydrogen-bond acceptors (Lipinski definition) is 4. The number of carbonyl (C=O) groups is 2. The van der Waals surface area contributed by atoms with Crippen molar-refractivity contribution in [1.82, 2.24) is 0 Å². The summed E-state index contributed by atoms with van der Waals surface area (Å²) in [4.78, 5) is 25.3. The van der Waals surface area contributed by atoms with Crippen LogP contribution in [-0.2, 0) is 11.3 Å². The molecule has 3 aromatic rings. The molecule has 3 rings (SSSR count). The minimum atomic E-state index is -0.991. The number of thiophene rings is 1. The Morgan fingerprint density at radius 2 is 1.68 bits per heavy atom. The maximum absolute atomic E-state index is 12.4. The monoisotopic (exact) mass is 352 g/mol. The van der Waals surface area contributed by atoms with Gasteiger partial charge < -0.3 is 9.84 Å². The Hall–Kier alpha value is -2.92. The minimum absolute atomic E-state index is 0.204. The van der Waals surface area contributed by atoms with Gasteiger partial charge in [0.05, 0.1) is 11.1 Å². The smallest absolute Gasteiger partial charge is 0.339 e. The fourth-order valence-corrected chi connectivity index (χ4v) is 3.55. The summed E-state index contributed by atoms with van der Waals surface area (Å²) in [6.07, 6.45) is 0. The van der Waals surface area contributed by atoms with Gasteiger partial charge in [-0.15, -0.1) is 11.3 Å². The second-order valence-corrected chi connectivity index (χ2v) is 6.75. The van der Waals surface area contributed by atoms with Crippen molar-refractivity contribution in [3.8, 4) is 10.4 Å². The zero-order valence-electron chi connectivity index (χ0n) is 13.6. The van der Waals surface area contributed by atoms with E-state index in [1.54, 1.807) is 30.3 Å². The van der Waals surface area contributed by atoms with Crippen LogP contribution in [0.1, 0.15) is 31.2 Å². The third-order valence-corrected chi connectivity index (χ3v) is 4.86. The molecule has 0 aliphatic heterocycles. The summed E-state index contributed by atoms with van der Waals surface area (Å²) in [6.45, 7) is 2.03. The summed E-state index contributed by atoms with van der Waals surface area (Å²) in [6, 6.07) is 17.9. The quantitative estimate of drug-likeness (QED) is 0.671. The highest BCUT2D eigenvalue weighted by atomic mass is 32.1. The SMILES string of the molecule is Cc1sc(-c2ccccc2C(=O)O)cc1C(=O)OCc1ccccc1. The number of carboxylic acids is 1. The normalized spacial score (nSPS) is 10.4.